The number of halogens is 1. The molecule has 1 aliphatic heterocycles. The Labute approximate surface area is 152 Å². The Kier molecular flexibility index (Phi) is 5.24. The Balaban J connectivity index is 1.64. The molecule has 0 aliphatic carbocycles. The molecule has 138 valence electrons. The zero-order chi connectivity index (χ0) is 18.7. The van der Waals surface area contributed by atoms with E-state index >= 15 is 0 Å². The number of hydrogen-bond donors (Lipinski definition) is 1. The molecular formula is C18H20FN3O3S. The molecule has 0 spiro atoms. The van der Waals surface area contributed by atoms with Crippen molar-refractivity contribution in [2.75, 3.05) is 38.1 Å². The third-order valence-corrected chi connectivity index (χ3v) is 5.87. The highest BCUT2D eigenvalue weighted by atomic mass is 32.2. The topological polar surface area (TPSA) is 69.7 Å². The van der Waals surface area contributed by atoms with Gasteiger partial charge < -0.3 is 9.80 Å². The third kappa shape index (κ3) is 3.86. The van der Waals surface area contributed by atoms with Crippen LogP contribution in [0.15, 0.2) is 53.4 Å². The molecule has 2 aromatic rings. The van der Waals surface area contributed by atoms with Gasteiger partial charge in [-0.3, -0.25) is 4.79 Å². The van der Waals surface area contributed by atoms with Gasteiger partial charge in [-0.15, -0.1) is 0 Å². The summed E-state index contributed by atoms with van der Waals surface area (Å²) in [5.41, 5.74) is 1.38. The molecule has 6 nitrogen and oxygen atoms in total. The molecule has 1 amide bonds. The van der Waals surface area contributed by atoms with Gasteiger partial charge in [0.25, 0.3) is 5.91 Å². The van der Waals surface area contributed by atoms with E-state index in [1.807, 2.05) is 0 Å². The zero-order valence-corrected chi connectivity index (χ0v) is 15.2. The maximum absolute atomic E-state index is 13.0. The van der Waals surface area contributed by atoms with Crippen LogP contribution in [0.3, 0.4) is 0 Å². The van der Waals surface area contributed by atoms with Crippen LogP contribution in [-0.2, 0) is 10.0 Å². The Bertz CT molecular complexity index is 875. The average Bonchev–Trinajstić information content (AvgIpc) is 2.68. The Morgan fingerprint density at radius 3 is 2.08 bits per heavy atom. The highest BCUT2D eigenvalue weighted by Crippen LogP contribution is 2.18. The van der Waals surface area contributed by atoms with Crippen LogP contribution >= 0.6 is 0 Å². The highest BCUT2D eigenvalue weighted by Gasteiger charge is 2.23. The molecule has 0 unspecified atom stereocenters. The molecule has 1 fully saturated rings. The molecule has 1 N–H and O–H groups in total. The Morgan fingerprint density at radius 2 is 1.54 bits per heavy atom. The predicted molar refractivity (Wildman–Crippen MR) is 97.2 cm³/mol. The van der Waals surface area contributed by atoms with Crippen molar-refractivity contribution in [3.05, 3.63) is 59.9 Å². The summed E-state index contributed by atoms with van der Waals surface area (Å²) in [6.45, 7) is 2.41. The van der Waals surface area contributed by atoms with Gasteiger partial charge in [-0.1, -0.05) is 0 Å². The number of amides is 1. The summed E-state index contributed by atoms with van der Waals surface area (Å²) in [7, 11) is -2.17. The molecule has 8 heteroatoms. The molecule has 0 saturated carbocycles. The number of rotatable bonds is 4. The fourth-order valence-electron chi connectivity index (χ4n) is 2.90. The number of anilines is 1. The van der Waals surface area contributed by atoms with Crippen molar-refractivity contribution in [3.8, 4) is 0 Å². The van der Waals surface area contributed by atoms with Crippen LogP contribution in [0.5, 0.6) is 0 Å². The summed E-state index contributed by atoms with van der Waals surface area (Å²) in [4.78, 5) is 16.6. The first kappa shape index (κ1) is 18.3. The molecule has 1 heterocycles. The maximum atomic E-state index is 13.0. The third-order valence-electron chi connectivity index (χ3n) is 4.44. The first-order valence-corrected chi connectivity index (χ1v) is 9.72. The van der Waals surface area contributed by atoms with E-state index in [9.17, 15) is 17.6 Å². The van der Waals surface area contributed by atoms with E-state index in [4.69, 9.17) is 0 Å². The quantitative estimate of drug-likeness (QED) is 0.881. The van der Waals surface area contributed by atoms with E-state index in [0.29, 0.717) is 31.7 Å². The van der Waals surface area contributed by atoms with Crippen LogP contribution in [-0.4, -0.2) is 52.5 Å². The van der Waals surface area contributed by atoms with E-state index in [1.54, 1.807) is 17.0 Å². The van der Waals surface area contributed by atoms with Crippen molar-refractivity contribution in [1.29, 1.82) is 0 Å². The van der Waals surface area contributed by atoms with E-state index in [-0.39, 0.29) is 16.6 Å². The Morgan fingerprint density at radius 1 is 0.962 bits per heavy atom. The van der Waals surface area contributed by atoms with Gasteiger partial charge in [0.2, 0.25) is 10.0 Å². The molecule has 26 heavy (non-hydrogen) atoms. The lowest BCUT2D eigenvalue weighted by molar-refractivity contribution is 0.0746. The summed E-state index contributed by atoms with van der Waals surface area (Å²) < 4.78 is 38.7. The molecule has 0 aromatic heterocycles. The fourth-order valence-corrected chi connectivity index (χ4v) is 3.63. The van der Waals surface area contributed by atoms with Crippen molar-refractivity contribution >= 4 is 21.6 Å². The summed E-state index contributed by atoms with van der Waals surface area (Å²) in [6, 6.07) is 12.2. The minimum atomic E-state index is -3.51. The van der Waals surface area contributed by atoms with E-state index in [0.717, 1.165) is 5.69 Å². The molecule has 3 rings (SSSR count). The molecule has 0 atom stereocenters. The summed E-state index contributed by atoms with van der Waals surface area (Å²) in [5.74, 6) is -0.400. The number of nitrogens with one attached hydrogen (secondary N) is 1. The van der Waals surface area contributed by atoms with Crippen molar-refractivity contribution in [2.24, 2.45) is 0 Å². The SMILES string of the molecule is CNS(=O)(=O)c1ccc(C(=O)N2CCN(c3ccc(F)cc3)CC2)cc1. The van der Waals surface area contributed by atoms with E-state index < -0.39 is 10.0 Å². The van der Waals surface area contributed by atoms with Gasteiger partial charge in [0.15, 0.2) is 0 Å². The predicted octanol–water partition coefficient (Wildman–Crippen LogP) is 1.70. The first-order valence-electron chi connectivity index (χ1n) is 8.24. The van der Waals surface area contributed by atoms with E-state index in [1.165, 1.54) is 43.4 Å². The van der Waals surface area contributed by atoms with Crippen molar-refractivity contribution in [2.45, 2.75) is 4.90 Å². The van der Waals surface area contributed by atoms with Gasteiger partial charge in [0.1, 0.15) is 5.82 Å². The molecule has 0 radical (unpaired) electrons. The summed E-state index contributed by atoms with van der Waals surface area (Å²) >= 11 is 0. The van der Waals surface area contributed by atoms with Crippen LogP contribution < -0.4 is 9.62 Å². The van der Waals surface area contributed by atoms with Crippen molar-refractivity contribution < 1.29 is 17.6 Å². The largest absolute Gasteiger partial charge is 0.368 e. The lowest BCUT2D eigenvalue weighted by Gasteiger charge is -2.36. The van der Waals surface area contributed by atoms with Gasteiger partial charge in [0.05, 0.1) is 4.90 Å². The van der Waals surface area contributed by atoms with Crippen LogP contribution in [0.25, 0.3) is 0 Å². The summed E-state index contributed by atoms with van der Waals surface area (Å²) in [5, 5.41) is 0. The second-order valence-corrected chi connectivity index (χ2v) is 7.87. The highest BCUT2D eigenvalue weighted by molar-refractivity contribution is 7.89. The van der Waals surface area contributed by atoms with Gasteiger partial charge >= 0.3 is 0 Å². The smallest absolute Gasteiger partial charge is 0.253 e. The number of nitrogens with zero attached hydrogens (tertiary/aromatic N) is 2. The number of carbonyl (C=O) groups excluding carboxylic acids is 1. The van der Waals surface area contributed by atoms with Gasteiger partial charge in [-0.2, -0.15) is 0 Å². The molecule has 1 saturated heterocycles. The van der Waals surface area contributed by atoms with Crippen LogP contribution in [0.4, 0.5) is 10.1 Å². The molecule has 0 bridgehead atoms. The second-order valence-electron chi connectivity index (χ2n) is 5.99. The zero-order valence-electron chi connectivity index (χ0n) is 14.4. The minimum absolute atomic E-state index is 0.123. The Hall–Kier alpha value is -2.45. The van der Waals surface area contributed by atoms with Crippen molar-refractivity contribution in [1.82, 2.24) is 9.62 Å². The number of benzene rings is 2. The normalized spacial score (nSPS) is 15.2. The lowest BCUT2D eigenvalue weighted by atomic mass is 10.1. The van der Waals surface area contributed by atoms with Crippen LogP contribution in [0, 0.1) is 5.82 Å². The molecule has 2 aromatic carbocycles. The number of carbonyl (C=O) groups is 1. The van der Waals surface area contributed by atoms with E-state index in [2.05, 4.69) is 9.62 Å². The average molecular weight is 377 g/mol. The maximum Gasteiger partial charge on any atom is 0.253 e. The molecular weight excluding hydrogens is 357 g/mol. The van der Waals surface area contributed by atoms with Gasteiger partial charge in [-0.25, -0.2) is 17.5 Å². The van der Waals surface area contributed by atoms with Crippen LogP contribution in [0.1, 0.15) is 10.4 Å². The monoisotopic (exact) mass is 377 g/mol. The van der Waals surface area contributed by atoms with Gasteiger partial charge in [-0.05, 0) is 55.6 Å². The molecule has 1 aliphatic rings. The minimum Gasteiger partial charge on any atom is -0.368 e. The first-order chi connectivity index (χ1) is 12.4. The standard InChI is InChI=1S/C18H20FN3O3S/c1-20-26(24,25)17-8-2-14(3-9-17)18(23)22-12-10-21(11-13-22)16-6-4-15(19)5-7-16/h2-9,20H,10-13H2,1H3. The van der Waals surface area contributed by atoms with Crippen molar-refractivity contribution in [3.63, 3.8) is 0 Å². The summed E-state index contributed by atoms with van der Waals surface area (Å²) in [6.07, 6.45) is 0. The fraction of sp³-hybridized carbons (Fsp3) is 0.278. The van der Waals surface area contributed by atoms with Crippen LogP contribution in [0.2, 0.25) is 0 Å². The number of sulfonamides is 1. The number of hydrogen-bond acceptors (Lipinski definition) is 4. The number of piperazine rings is 1. The van der Waals surface area contributed by atoms with Gasteiger partial charge in [0, 0.05) is 37.4 Å². The second kappa shape index (κ2) is 7.43. The lowest BCUT2D eigenvalue weighted by Crippen LogP contribution is -2.48.